The first kappa shape index (κ1) is 46.9. The minimum atomic E-state index is -1.13. The first-order valence-electron chi connectivity index (χ1n) is 19.5. The van der Waals surface area contributed by atoms with Gasteiger partial charge in [-0.3, -0.25) is 14.4 Å². The molecule has 0 bridgehead atoms. The Bertz CT molecular complexity index is 797. The summed E-state index contributed by atoms with van der Waals surface area (Å²) in [6, 6.07) is -1.08. The van der Waals surface area contributed by atoms with Crippen LogP contribution in [0.4, 0.5) is 0 Å². The van der Waals surface area contributed by atoms with Gasteiger partial charge in [-0.1, -0.05) is 116 Å². The van der Waals surface area contributed by atoms with Crippen LogP contribution in [-0.2, 0) is 38.1 Å². The van der Waals surface area contributed by atoms with E-state index in [0.717, 1.165) is 19.3 Å². The Morgan fingerprint density at radius 2 is 0.918 bits per heavy atom. The summed E-state index contributed by atoms with van der Waals surface area (Å²) in [5.41, 5.74) is 0. The molecule has 0 rings (SSSR count). The number of carboxylic acid groups (broad SMARTS) is 1. The molecule has 0 spiro atoms. The molecule has 0 radical (unpaired) electrons. The Hall–Kier alpha value is -2.08. The van der Waals surface area contributed by atoms with Gasteiger partial charge in [0.1, 0.15) is 11.8 Å². The smallest absolute Gasteiger partial charge is 0.326 e. The fourth-order valence-corrected chi connectivity index (χ4v) is 5.32. The number of carbonyl (C=O) groups is 4. The lowest BCUT2D eigenvalue weighted by Gasteiger charge is -2.14. The van der Waals surface area contributed by atoms with Crippen LogP contribution in [-0.4, -0.2) is 94.1 Å². The number of Topliss-reactive ketones (excluding diaryl/α,β-unsaturated/α-hetero) is 1. The standard InChI is InChI=1S/C38H72N2O9/c1-3-4-5-6-7-8-9-10-11-12-13-14-15-16-17-18-19-20-21-37(43)40-35(38(44)45)22-23-36(42)39-25-27-47-29-31-49-33-32-48-30-28-46-26-24-34(2)41/h35H,3-33H2,1-2H3,(H,39,42)(H,40,43)(H,44,45). The number of rotatable bonds is 39. The maximum absolute atomic E-state index is 12.3. The van der Waals surface area contributed by atoms with E-state index in [-0.39, 0.29) is 30.4 Å². The minimum Gasteiger partial charge on any atom is -0.480 e. The highest BCUT2D eigenvalue weighted by Crippen LogP contribution is 2.14. The highest BCUT2D eigenvalue weighted by molar-refractivity contribution is 5.84. The number of unbranched alkanes of at least 4 members (excludes halogenated alkanes) is 17. The second-order valence-corrected chi connectivity index (χ2v) is 13.0. The molecule has 0 aromatic heterocycles. The summed E-state index contributed by atoms with van der Waals surface area (Å²) in [6.45, 7) is 7.32. The van der Waals surface area contributed by atoms with Gasteiger partial charge in [0.05, 0.1) is 52.9 Å². The quantitative estimate of drug-likeness (QED) is 0.0581. The second-order valence-electron chi connectivity index (χ2n) is 13.0. The van der Waals surface area contributed by atoms with E-state index in [9.17, 15) is 24.3 Å². The SMILES string of the molecule is CCCCCCCCCCCCCCCCCCCCC(=O)NC(CCC(=O)NCCOCCOCCOCCOCCC(C)=O)C(=O)O. The van der Waals surface area contributed by atoms with E-state index in [0.29, 0.717) is 72.2 Å². The van der Waals surface area contributed by atoms with Crippen LogP contribution in [0.3, 0.4) is 0 Å². The van der Waals surface area contributed by atoms with E-state index in [1.807, 2.05) is 0 Å². The average Bonchev–Trinajstić information content (AvgIpc) is 3.07. The molecule has 11 heteroatoms. The molecular weight excluding hydrogens is 628 g/mol. The molecule has 0 saturated carbocycles. The van der Waals surface area contributed by atoms with Crippen LogP contribution >= 0.6 is 0 Å². The first-order chi connectivity index (χ1) is 23.9. The molecule has 1 unspecified atom stereocenters. The zero-order valence-corrected chi connectivity index (χ0v) is 31.2. The number of hydrogen-bond acceptors (Lipinski definition) is 8. The summed E-state index contributed by atoms with van der Waals surface area (Å²) >= 11 is 0. The van der Waals surface area contributed by atoms with Crippen LogP contribution in [0, 0.1) is 0 Å². The lowest BCUT2D eigenvalue weighted by molar-refractivity contribution is -0.142. The predicted molar refractivity (Wildman–Crippen MR) is 194 cm³/mol. The molecule has 0 aliphatic carbocycles. The van der Waals surface area contributed by atoms with Crippen molar-refractivity contribution in [1.82, 2.24) is 10.6 Å². The lowest BCUT2D eigenvalue weighted by Crippen LogP contribution is -2.41. The molecule has 0 heterocycles. The molecule has 2 amide bonds. The molecule has 0 aromatic rings. The second kappa shape index (κ2) is 37.2. The number of nitrogens with one attached hydrogen (secondary N) is 2. The van der Waals surface area contributed by atoms with Crippen molar-refractivity contribution < 1.29 is 43.2 Å². The number of carbonyl (C=O) groups excluding carboxylic acids is 3. The van der Waals surface area contributed by atoms with E-state index in [4.69, 9.17) is 18.9 Å². The zero-order valence-electron chi connectivity index (χ0n) is 31.2. The van der Waals surface area contributed by atoms with Crippen LogP contribution in [0.1, 0.15) is 155 Å². The molecule has 0 saturated heterocycles. The number of ketones is 1. The van der Waals surface area contributed by atoms with Crippen molar-refractivity contribution in [2.75, 3.05) is 59.4 Å². The van der Waals surface area contributed by atoms with Gasteiger partial charge in [0.25, 0.3) is 0 Å². The van der Waals surface area contributed by atoms with Crippen molar-refractivity contribution in [3.63, 3.8) is 0 Å². The fraction of sp³-hybridized carbons (Fsp3) is 0.895. The summed E-state index contributed by atoms with van der Waals surface area (Å²) in [5, 5.41) is 14.8. The molecule has 0 aliphatic rings. The molecule has 288 valence electrons. The fourth-order valence-electron chi connectivity index (χ4n) is 5.32. The number of amides is 2. The summed E-state index contributed by atoms with van der Waals surface area (Å²) in [5.74, 6) is -1.59. The van der Waals surface area contributed by atoms with Crippen molar-refractivity contribution in [2.45, 2.75) is 161 Å². The summed E-state index contributed by atoms with van der Waals surface area (Å²) < 4.78 is 21.5. The van der Waals surface area contributed by atoms with Crippen LogP contribution in [0.5, 0.6) is 0 Å². The monoisotopic (exact) mass is 701 g/mol. The Balaban J connectivity index is 3.59. The summed E-state index contributed by atoms with van der Waals surface area (Å²) in [4.78, 5) is 46.8. The van der Waals surface area contributed by atoms with Gasteiger partial charge in [-0.15, -0.1) is 0 Å². The average molecular weight is 701 g/mol. The Morgan fingerprint density at radius 3 is 1.35 bits per heavy atom. The highest BCUT2D eigenvalue weighted by atomic mass is 16.6. The van der Waals surface area contributed by atoms with Gasteiger partial charge in [-0.2, -0.15) is 0 Å². The molecule has 3 N–H and O–H groups in total. The van der Waals surface area contributed by atoms with E-state index in [2.05, 4.69) is 17.6 Å². The third-order valence-electron chi connectivity index (χ3n) is 8.33. The molecule has 49 heavy (non-hydrogen) atoms. The van der Waals surface area contributed by atoms with E-state index < -0.39 is 12.0 Å². The third-order valence-corrected chi connectivity index (χ3v) is 8.33. The van der Waals surface area contributed by atoms with Gasteiger partial charge in [-0.05, 0) is 19.8 Å². The summed E-state index contributed by atoms with van der Waals surface area (Å²) in [7, 11) is 0. The number of carboxylic acids is 1. The minimum absolute atomic E-state index is 0.00131. The van der Waals surface area contributed by atoms with Crippen molar-refractivity contribution in [3.8, 4) is 0 Å². The van der Waals surface area contributed by atoms with Crippen molar-refractivity contribution in [2.24, 2.45) is 0 Å². The number of aliphatic carboxylic acids is 1. The van der Waals surface area contributed by atoms with E-state index in [1.165, 1.54) is 103 Å². The number of hydrogen-bond donors (Lipinski definition) is 3. The van der Waals surface area contributed by atoms with Crippen molar-refractivity contribution >= 4 is 23.6 Å². The first-order valence-corrected chi connectivity index (χ1v) is 19.5. The number of ether oxygens (including phenoxy) is 4. The van der Waals surface area contributed by atoms with Gasteiger partial charge in [0, 0.05) is 25.8 Å². The molecule has 0 fully saturated rings. The molecule has 0 aliphatic heterocycles. The maximum Gasteiger partial charge on any atom is 0.326 e. The van der Waals surface area contributed by atoms with Gasteiger partial charge in [0.15, 0.2) is 0 Å². The highest BCUT2D eigenvalue weighted by Gasteiger charge is 2.20. The molecule has 0 aromatic carbocycles. The maximum atomic E-state index is 12.3. The Labute approximate surface area is 297 Å². The van der Waals surface area contributed by atoms with Gasteiger partial charge < -0.3 is 34.7 Å². The van der Waals surface area contributed by atoms with Crippen LogP contribution in [0.15, 0.2) is 0 Å². The predicted octanol–water partition coefficient (Wildman–Crippen LogP) is 6.93. The normalized spacial score (nSPS) is 11.8. The lowest BCUT2D eigenvalue weighted by atomic mass is 10.0. The Kier molecular flexibility index (Phi) is 35.6. The third kappa shape index (κ3) is 37.0. The van der Waals surface area contributed by atoms with Crippen LogP contribution < -0.4 is 10.6 Å². The molecule has 11 nitrogen and oxygen atoms in total. The van der Waals surface area contributed by atoms with Crippen molar-refractivity contribution in [3.05, 3.63) is 0 Å². The van der Waals surface area contributed by atoms with Gasteiger partial charge in [0.2, 0.25) is 11.8 Å². The topological polar surface area (TPSA) is 149 Å². The molecule has 1 atom stereocenters. The zero-order chi connectivity index (χ0) is 36.0. The Morgan fingerprint density at radius 1 is 0.510 bits per heavy atom. The van der Waals surface area contributed by atoms with Crippen molar-refractivity contribution in [1.29, 1.82) is 0 Å². The molecular formula is C38H72N2O9. The van der Waals surface area contributed by atoms with Gasteiger partial charge in [-0.25, -0.2) is 4.79 Å². The van der Waals surface area contributed by atoms with E-state index in [1.54, 1.807) is 0 Å². The van der Waals surface area contributed by atoms with Gasteiger partial charge >= 0.3 is 5.97 Å². The van der Waals surface area contributed by atoms with Crippen LogP contribution in [0.25, 0.3) is 0 Å². The van der Waals surface area contributed by atoms with E-state index >= 15 is 0 Å². The van der Waals surface area contributed by atoms with Crippen LogP contribution in [0.2, 0.25) is 0 Å². The summed E-state index contributed by atoms with van der Waals surface area (Å²) in [6.07, 6.45) is 23.8. The largest absolute Gasteiger partial charge is 0.480 e.